The number of benzene rings is 1. The molecule has 72 valence electrons. The minimum absolute atomic E-state index is 0.305. The number of aliphatic imine (C=N–C) groups is 1. The molecule has 0 atom stereocenters. The molecule has 1 aromatic carbocycles. The summed E-state index contributed by atoms with van der Waals surface area (Å²) in [5.74, 6) is 0. The van der Waals surface area contributed by atoms with E-state index in [1.165, 1.54) is 4.47 Å². The zero-order chi connectivity index (χ0) is 9.97. The van der Waals surface area contributed by atoms with Crippen molar-refractivity contribution >= 4 is 37.0 Å². The Bertz CT molecular complexity index is 384. The van der Waals surface area contributed by atoms with E-state index in [9.17, 15) is 0 Å². The molecule has 2 rings (SSSR count). The molecule has 0 fully saturated rings. The van der Waals surface area contributed by atoms with E-state index in [0.29, 0.717) is 15.0 Å². The third-order valence-electron chi connectivity index (χ3n) is 1.74. The fourth-order valence-electron chi connectivity index (χ4n) is 1.08. The van der Waals surface area contributed by atoms with Crippen LogP contribution in [-0.2, 0) is 0 Å². The van der Waals surface area contributed by atoms with Gasteiger partial charge >= 0.3 is 94.2 Å². The van der Waals surface area contributed by atoms with E-state index in [1.807, 2.05) is 24.3 Å². The Labute approximate surface area is 94.2 Å². The molecule has 0 radical (unpaired) electrons. The van der Waals surface area contributed by atoms with Crippen molar-refractivity contribution in [2.75, 3.05) is 11.9 Å². The van der Waals surface area contributed by atoms with Crippen LogP contribution in [0.2, 0.25) is 5.02 Å². The van der Waals surface area contributed by atoms with Crippen molar-refractivity contribution in [3.05, 3.63) is 40.3 Å². The first-order valence-corrected chi connectivity index (χ1v) is 6.26. The van der Waals surface area contributed by atoms with Crippen molar-refractivity contribution in [1.82, 2.24) is 0 Å². The van der Waals surface area contributed by atoms with Crippen LogP contribution in [0.5, 0.6) is 0 Å². The van der Waals surface area contributed by atoms with Crippen LogP contribution >= 0.6 is 11.6 Å². The summed E-state index contributed by atoms with van der Waals surface area (Å²) < 4.78 is 2.26. The molecule has 1 aliphatic rings. The van der Waals surface area contributed by atoms with Gasteiger partial charge in [-0.05, 0) is 0 Å². The van der Waals surface area contributed by atoms with Gasteiger partial charge in [0.1, 0.15) is 0 Å². The van der Waals surface area contributed by atoms with Gasteiger partial charge in [0.15, 0.2) is 0 Å². The summed E-state index contributed by atoms with van der Waals surface area (Å²) in [6.07, 6.45) is 0. The van der Waals surface area contributed by atoms with Crippen molar-refractivity contribution in [2.45, 2.75) is 0 Å². The molecule has 0 aromatic heterocycles. The van der Waals surface area contributed by atoms with Gasteiger partial charge in [0, 0.05) is 0 Å². The van der Waals surface area contributed by atoms with Crippen molar-refractivity contribution in [2.24, 2.45) is 4.99 Å². The third kappa shape index (κ3) is 2.38. The number of rotatable bonds is 1. The molecule has 1 aromatic rings. The first-order valence-electron chi connectivity index (χ1n) is 4.17. The Hall–Kier alpha value is -0.761. The van der Waals surface area contributed by atoms with E-state index < -0.39 is 0 Å². The second-order valence-corrected chi connectivity index (χ2v) is 5.78. The summed E-state index contributed by atoms with van der Waals surface area (Å²) in [5.41, 5.74) is 1.03. The van der Waals surface area contributed by atoms with Crippen LogP contribution in [0.4, 0.5) is 5.69 Å². The quantitative estimate of drug-likeness (QED) is 0.779. The van der Waals surface area contributed by atoms with E-state index in [4.69, 9.17) is 11.6 Å². The van der Waals surface area contributed by atoms with Gasteiger partial charge in [-0.15, -0.1) is 0 Å². The second-order valence-electron chi connectivity index (χ2n) is 2.89. The van der Waals surface area contributed by atoms with E-state index >= 15 is 0 Å². The number of hydrogen-bond donors (Lipinski definition) is 1. The monoisotopic (exact) mass is 272 g/mol. The average Bonchev–Trinajstić information content (AvgIpc) is 2.56. The third-order valence-corrected chi connectivity index (χ3v) is 3.75. The summed E-state index contributed by atoms with van der Waals surface area (Å²) in [4.78, 5) is 4.34. The zero-order valence-electron chi connectivity index (χ0n) is 7.46. The van der Waals surface area contributed by atoms with Crippen LogP contribution in [0.15, 0.2) is 40.3 Å². The molecule has 1 aliphatic heterocycles. The Morgan fingerprint density at radius 2 is 2.07 bits per heavy atom. The molecule has 0 bridgehead atoms. The topological polar surface area (TPSA) is 24.4 Å². The zero-order valence-corrected chi connectivity index (χ0v) is 9.93. The molecule has 4 heteroatoms. The van der Waals surface area contributed by atoms with Crippen molar-refractivity contribution in [3.8, 4) is 0 Å². The van der Waals surface area contributed by atoms with Gasteiger partial charge in [-0.3, -0.25) is 0 Å². The van der Waals surface area contributed by atoms with E-state index in [-0.39, 0.29) is 0 Å². The molecule has 0 amide bonds. The fourth-order valence-corrected chi connectivity index (χ4v) is 2.68. The molecule has 0 aliphatic carbocycles. The number of nitrogens with zero attached hydrogens (tertiary/aromatic N) is 1. The predicted molar refractivity (Wildman–Crippen MR) is 62.3 cm³/mol. The van der Waals surface area contributed by atoms with Crippen LogP contribution in [-0.4, -0.2) is 26.2 Å². The molecule has 14 heavy (non-hydrogen) atoms. The van der Waals surface area contributed by atoms with Gasteiger partial charge in [-0.1, -0.05) is 0 Å². The van der Waals surface area contributed by atoms with E-state index in [0.717, 1.165) is 22.0 Å². The van der Waals surface area contributed by atoms with Gasteiger partial charge in [0.2, 0.25) is 0 Å². The van der Waals surface area contributed by atoms with Gasteiger partial charge < -0.3 is 0 Å². The summed E-state index contributed by atoms with van der Waals surface area (Å²) in [6, 6.07) is 7.62. The van der Waals surface area contributed by atoms with Gasteiger partial charge in [-0.25, -0.2) is 0 Å². The average molecular weight is 272 g/mol. The molecule has 0 unspecified atom stereocenters. The van der Waals surface area contributed by atoms with Crippen LogP contribution in [0, 0.1) is 0 Å². The number of hydrogen-bond acceptors (Lipinski definition) is 2. The molecule has 0 saturated carbocycles. The first kappa shape index (κ1) is 9.78. The van der Waals surface area contributed by atoms with Crippen LogP contribution in [0.25, 0.3) is 0 Å². The van der Waals surface area contributed by atoms with Gasteiger partial charge in [0.25, 0.3) is 0 Å². The Kier molecular flexibility index (Phi) is 2.92. The standard InChI is InChI=1S/C10H9ClN2Se/c1-7-6-12-10(14-7)13-9-4-2-8(11)3-5-9/h2-5H,1,6H2,(H,12,13). The Morgan fingerprint density at radius 1 is 1.36 bits per heavy atom. The number of amidine groups is 1. The van der Waals surface area contributed by atoms with Crippen molar-refractivity contribution in [3.63, 3.8) is 0 Å². The molecular weight excluding hydrogens is 263 g/mol. The van der Waals surface area contributed by atoms with Gasteiger partial charge in [-0.2, -0.15) is 0 Å². The fraction of sp³-hybridized carbons (Fsp3) is 0.100. The summed E-state index contributed by atoms with van der Waals surface area (Å²) in [5, 5.41) is 4.01. The van der Waals surface area contributed by atoms with E-state index in [1.54, 1.807) is 0 Å². The Balaban J connectivity index is 2.04. The van der Waals surface area contributed by atoms with Crippen molar-refractivity contribution in [1.29, 1.82) is 0 Å². The first-order chi connectivity index (χ1) is 6.74. The summed E-state index contributed by atoms with van der Waals surface area (Å²) in [7, 11) is 0. The SMILES string of the molecule is C=C1CN=C(Nc2ccc(Cl)cc2)[Se]1. The maximum absolute atomic E-state index is 5.78. The maximum atomic E-state index is 5.78. The molecule has 1 N–H and O–H groups in total. The summed E-state index contributed by atoms with van der Waals surface area (Å²) in [6.45, 7) is 4.69. The second kappa shape index (κ2) is 4.18. The molecule has 0 saturated heterocycles. The molecule has 2 nitrogen and oxygen atoms in total. The van der Waals surface area contributed by atoms with Gasteiger partial charge in [0.05, 0.1) is 0 Å². The Morgan fingerprint density at radius 3 is 2.64 bits per heavy atom. The minimum atomic E-state index is 0.305. The van der Waals surface area contributed by atoms with Crippen LogP contribution in [0.1, 0.15) is 0 Å². The van der Waals surface area contributed by atoms with Crippen LogP contribution in [0.3, 0.4) is 0 Å². The number of halogens is 1. The normalized spacial score (nSPS) is 15.5. The number of nitrogens with one attached hydrogen (secondary N) is 1. The van der Waals surface area contributed by atoms with E-state index in [2.05, 4.69) is 16.9 Å². The molecule has 0 spiro atoms. The summed E-state index contributed by atoms with van der Waals surface area (Å²) >= 11 is 6.09. The van der Waals surface area contributed by atoms with Crippen LogP contribution < -0.4 is 5.32 Å². The predicted octanol–water partition coefficient (Wildman–Crippen LogP) is 2.34. The number of anilines is 1. The van der Waals surface area contributed by atoms with Crippen molar-refractivity contribution < 1.29 is 0 Å². The molecular formula is C10H9ClN2Se. The molecule has 1 heterocycles.